The van der Waals surface area contributed by atoms with Crippen molar-refractivity contribution >= 4 is 12.0 Å². The van der Waals surface area contributed by atoms with Gasteiger partial charge in [-0.25, -0.2) is 9.59 Å². The first-order chi connectivity index (χ1) is 9.67. The van der Waals surface area contributed by atoms with E-state index in [4.69, 9.17) is 0 Å². The molecule has 1 aromatic carbocycles. The maximum atomic E-state index is 12.6. The van der Waals surface area contributed by atoms with E-state index in [1.165, 1.54) is 25.8 Å². The van der Waals surface area contributed by atoms with E-state index in [2.05, 4.69) is 0 Å². The Balaban J connectivity index is 2.96. The number of urea groups is 1. The third kappa shape index (κ3) is 3.97. The molecule has 116 valence electrons. The first-order valence-electron chi connectivity index (χ1n) is 6.99. The predicted molar refractivity (Wildman–Crippen MR) is 82.0 cm³/mol. The zero-order valence-electron chi connectivity index (χ0n) is 13.3. The summed E-state index contributed by atoms with van der Waals surface area (Å²) in [6.07, 6.45) is 0. The van der Waals surface area contributed by atoms with E-state index in [-0.39, 0.29) is 12.1 Å². The second-order valence-corrected chi connectivity index (χ2v) is 5.91. The third-order valence-electron chi connectivity index (χ3n) is 3.71. The summed E-state index contributed by atoms with van der Waals surface area (Å²) in [6, 6.07) is 9.35. The Labute approximate surface area is 126 Å². The molecule has 1 N–H and O–H groups in total. The van der Waals surface area contributed by atoms with Crippen LogP contribution in [0.15, 0.2) is 30.3 Å². The number of likely N-dealkylation sites (N-methyl/N-ethyl adjacent to an activating group) is 1. The van der Waals surface area contributed by atoms with Crippen LogP contribution in [0.25, 0.3) is 0 Å². The molecule has 5 heteroatoms. The van der Waals surface area contributed by atoms with Crippen molar-refractivity contribution in [3.05, 3.63) is 35.9 Å². The second-order valence-electron chi connectivity index (χ2n) is 5.91. The first kappa shape index (κ1) is 17.0. The second kappa shape index (κ2) is 6.61. The summed E-state index contributed by atoms with van der Waals surface area (Å²) in [7, 11) is 1.52. The lowest BCUT2D eigenvalue weighted by Gasteiger charge is -2.37. The van der Waals surface area contributed by atoms with Gasteiger partial charge in [-0.1, -0.05) is 30.3 Å². The minimum absolute atomic E-state index is 0.0234. The van der Waals surface area contributed by atoms with Crippen LogP contribution in [0.1, 0.15) is 33.3 Å². The van der Waals surface area contributed by atoms with E-state index < -0.39 is 11.5 Å². The van der Waals surface area contributed by atoms with Crippen LogP contribution < -0.4 is 0 Å². The molecule has 0 radical (unpaired) electrons. The predicted octanol–water partition coefficient (Wildman–Crippen LogP) is 2.81. The van der Waals surface area contributed by atoms with E-state index in [1.54, 1.807) is 4.90 Å². The fourth-order valence-electron chi connectivity index (χ4n) is 1.83. The normalized spacial score (nSPS) is 11.3. The van der Waals surface area contributed by atoms with Crippen LogP contribution in [0.3, 0.4) is 0 Å². The van der Waals surface area contributed by atoms with Gasteiger partial charge in [0.1, 0.15) is 5.54 Å². The van der Waals surface area contributed by atoms with Crippen LogP contribution in [-0.4, -0.2) is 45.5 Å². The number of hydrogen-bond acceptors (Lipinski definition) is 2. The lowest BCUT2D eigenvalue weighted by Crippen LogP contribution is -2.56. The van der Waals surface area contributed by atoms with Crippen LogP contribution in [0.5, 0.6) is 0 Å². The highest BCUT2D eigenvalue weighted by atomic mass is 16.4. The van der Waals surface area contributed by atoms with Gasteiger partial charge in [0.2, 0.25) is 0 Å². The van der Waals surface area contributed by atoms with Gasteiger partial charge in [-0.15, -0.1) is 0 Å². The summed E-state index contributed by atoms with van der Waals surface area (Å²) in [4.78, 5) is 26.9. The molecule has 0 aromatic heterocycles. The van der Waals surface area contributed by atoms with Crippen molar-refractivity contribution in [2.45, 2.75) is 45.8 Å². The summed E-state index contributed by atoms with van der Waals surface area (Å²) in [6.45, 7) is 7.34. The summed E-state index contributed by atoms with van der Waals surface area (Å²) in [5.74, 6) is -1.03. The number of aliphatic carboxylic acids is 1. The van der Waals surface area contributed by atoms with Crippen LogP contribution >= 0.6 is 0 Å². The number of hydrogen-bond donors (Lipinski definition) is 1. The minimum atomic E-state index is -1.25. The van der Waals surface area contributed by atoms with Gasteiger partial charge in [0.05, 0.1) is 0 Å². The zero-order valence-corrected chi connectivity index (χ0v) is 13.3. The number of carbonyl (C=O) groups excluding carboxylic acids is 1. The highest BCUT2D eigenvalue weighted by molar-refractivity contribution is 5.85. The van der Waals surface area contributed by atoms with Crippen LogP contribution in [-0.2, 0) is 11.3 Å². The van der Waals surface area contributed by atoms with Gasteiger partial charge in [0.15, 0.2) is 0 Å². The lowest BCUT2D eigenvalue weighted by molar-refractivity contribution is -0.147. The van der Waals surface area contributed by atoms with Gasteiger partial charge >= 0.3 is 12.0 Å². The molecule has 0 atom stereocenters. The van der Waals surface area contributed by atoms with Crippen LogP contribution in [0, 0.1) is 0 Å². The number of rotatable bonds is 5. The molecule has 0 unspecified atom stereocenters. The monoisotopic (exact) mass is 292 g/mol. The van der Waals surface area contributed by atoms with E-state index in [0.717, 1.165) is 5.56 Å². The Kier molecular flexibility index (Phi) is 5.35. The number of carboxylic acid groups (broad SMARTS) is 1. The van der Waals surface area contributed by atoms with Crippen molar-refractivity contribution in [1.29, 1.82) is 0 Å². The Morgan fingerprint density at radius 3 is 2.14 bits per heavy atom. The highest BCUT2D eigenvalue weighted by Gasteiger charge is 2.37. The molecule has 0 aliphatic rings. The topological polar surface area (TPSA) is 60.9 Å². The van der Waals surface area contributed by atoms with Gasteiger partial charge in [-0.05, 0) is 33.3 Å². The summed E-state index contributed by atoms with van der Waals surface area (Å²) in [5.41, 5.74) is -0.234. The van der Waals surface area contributed by atoms with Crippen molar-refractivity contribution < 1.29 is 14.7 Å². The standard InChI is InChI=1S/C16H24N2O3/c1-12(2)18(11-13-9-7-6-8-10-13)15(21)17(5)16(3,4)14(19)20/h6-10,12H,11H2,1-5H3,(H,19,20). The molecule has 1 aromatic rings. The van der Waals surface area contributed by atoms with Crippen LogP contribution in [0.4, 0.5) is 4.79 Å². The third-order valence-corrected chi connectivity index (χ3v) is 3.71. The fourth-order valence-corrected chi connectivity index (χ4v) is 1.83. The zero-order chi connectivity index (χ0) is 16.2. The number of benzene rings is 1. The van der Waals surface area contributed by atoms with Crippen molar-refractivity contribution in [3.8, 4) is 0 Å². The molecule has 0 saturated heterocycles. The average molecular weight is 292 g/mol. The van der Waals surface area contributed by atoms with E-state index in [1.807, 2.05) is 44.2 Å². The van der Waals surface area contributed by atoms with E-state index in [9.17, 15) is 14.7 Å². The summed E-state index contributed by atoms with van der Waals surface area (Å²) >= 11 is 0. The maximum absolute atomic E-state index is 12.6. The Bertz CT molecular complexity index is 498. The molecule has 0 aliphatic heterocycles. The Morgan fingerprint density at radius 1 is 1.19 bits per heavy atom. The van der Waals surface area contributed by atoms with Crippen molar-refractivity contribution in [3.63, 3.8) is 0 Å². The van der Waals surface area contributed by atoms with Gasteiger partial charge in [0, 0.05) is 19.6 Å². The Hall–Kier alpha value is -2.04. The highest BCUT2D eigenvalue weighted by Crippen LogP contribution is 2.18. The summed E-state index contributed by atoms with van der Waals surface area (Å²) in [5, 5.41) is 9.26. The molecule has 2 amide bonds. The molecule has 0 saturated carbocycles. The smallest absolute Gasteiger partial charge is 0.329 e. The molecule has 0 spiro atoms. The molecule has 5 nitrogen and oxygen atoms in total. The summed E-state index contributed by atoms with van der Waals surface area (Å²) < 4.78 is 0. The number of carbonyl (C=O) groups is 2. The minimum Gasteiger partial charge on any atom is -0.480 e. The van der Waals surface area contributed by atoms with Crippen molar-refractivity contribution in [2.75, 3.05) is 7.05 Å². The molecule has 0 bridgehead atoms. The number of nitrogens with zero attached hydrogens (tertiary/aromatic N) is 2. The fraction of sp³-hybridized carbons (Fsp3) is 0.500. The van der Waals surface area contributed by atoms with Gasteiger partial charge < -0.3 is 14.9 Å². The van der Waals surface area contributed by atoms with E-state index >= 15 is 0 Å². The van der Waals surface area contributed by atoms with Gasteiger partial charge in [-0.3, -0.25) is 0 Å². The number of carboxylic acids is 1. The molecule has 1 rings (SSSR count). The van der Waals surface area contributed by atoms with E-state index in [0.29, 0.717) is 6.54 Å². The van der Waals surface area contributed by atoms with Gasteiger partial charge in [-0.2, -0.15) is 0 Å². The lowest BCUT2D eigenvalue weighted by atomic mass is 10.0. The average Bonchev–Trinajstić information content (AvgIpc) is 2.43. The Morgan fingerprint density at radius 2 is 1.71 bits per heavy atom. The molecular formula is C16H24N2O3. The van der Waals surface area contributed by atoms with Crippen molar-refractivity contribution in [2.24, 2.45) is 0 Å². The molecule has 0 aliphatic carbocycles. The first-order valence-corrected chi connectivity index (χ1v) is 6.99. The largest absolute Gasteiger partial charge is 0.480 e. The maximum Gasteiger partial charge on any atom is 0.329 e. The van der Waals surface area contributed by atoms with Crippen molar-refractivity contribution in [1.82, 2.24) is 9.80 Å². The molecular weight excluding hydrogens is 268 g/mol. The number of amides is 2. The molecule has 0 heterocycles. The SMILES string of the molecule is CC(C)N(Cc1ccccc1)C(=O)N(C)C(C)(C)C(=O)O. The quantitative estimate of drug-likeness (QED) is 0.907. The van der Waals surface area contributed by atoms with Crippen LogP contribution in [0.2, 0.25) is 0 Å². The molecule has 21 heavy (non-hydrogen) atoms. The molecule has 0 fully saturated rings. The van der Waals surface area contributed by atoms with Gasteiger partial charge in [0.25, 0.3) is 0 Å².